The van der Waals surface area contributed by atoms with Crippen LogP contribution in [0.15, 0.2) is 49.1 Å². The minimum atomic E-state index is 0.380. The monoisotopic (exact) mass is 363 g/mol. The maximum Gasteiger partial charge on any atom is 0.119 e. The van der Waals surface area contributed by atoms with E-state index in [1.54, 1.807) is 19.5 Å². The van der Waals surface area contributed by atoms with Gasteiger partial charge in [-0.2, -0.15) is 5.10 Å². The molecule has 0 saturated carbocycles. The van der Waals surface area contributed by atoms with Gasteiger partial charge in [0.05, 0.1) is 24.7 Å². The van der Waals surface area contributed by atoms with Crippen LogP contribution in [0.2, 0.25) is 0 Å². The van der Waals surface area contributed by atoms with Crippen LogP contribution in [0.3, 0.4) is 0 Å². The highest BCUT2D eigenvalue weighted by Gasteiger charge is 2.25. The lowest BCUT2D eigenvalue weighted by molar-refractivity contribution is 0.198. The average molecular weight is 363 g/mol. The van der Waals surface area contributed by atoms with Crippen molar-refractivity contribution in [2.75, 3.05) is 20.2 Å². The number of piperidine rings is 1. The summed E-state index contributed by atoms with van der Waals surface area (Å²) in [4.78, 5) is 11.9. The topological polar surface area (TPSA) is 56.1 Å². The van der Waals surface area contributed by atoms with Gasteiger partial charge in [-0.1, -0.05) is 12.1 Å². The summed E-state index contributed by atoms with van der Waals surface area (Å²) < 4.78 is 7.24. The fourth-order valence-electron chi connectivity index (χ4n) is 3.87. The van der Waals surface area contributed by atoms with Gasteiger partial charge in [0.1, 0.15) is 5.75 Å². The molecule has 6 nitrogen and oxygen atoms in total. The van der Waals surface area contributed by atoms with Crippen LogP contribution in [0.25, 0.3) is 11.3 Å². The number of hydrogen-bond acceptors (Lipinski definition) is 5. The highest BCUT2D eigenvalue weighted by Crippen LogP contribution is 2.33. The Morgan fingerprint density at radius 2 is 2.11 bits per heavy atom. The lowest BCUT2D eigenvalue weighted by Gasteiger charge is -2.32. The van der Waals surface area contributed by atoms with E-state index in [9.17, 15) is 0 Å². The van der Waals surface area contributed by atoms with Crippen LogP contribution in [-0.2, 0) is 13.6 Å². The number of aryl methyl sites for hydroxylation is 1. The van der Waals surface area contributed by atoms with Crippen molar-refractivity contribution >= 4 is 0 Å². The summed E-state index contributed by atoms with van der Waals surface area (Å²) in [7, 11) is 3.65. The first-order valence-corrected chi connectivity index (χ1v) is 9.38. The third-order valence-corrected chi connectivity index (χ3v) is 5.13. The van der Waals surface area contributed by atoms with Gasteiger partial charge in [0.2, 0.25) is 0 Å². The van der Waals surface area contributed by atoms with Gasteiger partial charge in [0, 0.05) is 55.8 Å². The summed E-state index contributed by atoms with van der Waals surface area (Å²) in [6.45, 7) is 3.03. The second-order valence-corrected chi connectivity index (χ2v) is 7.12. The molecule has 1 aliphatic rings. The van der Waals surface area contributed by atoms with Gasteiger partial charge in [0.15, 0.2) is 0 Å². The van der Waals surface area contributed by atoms with Gasteiger partial charge in [0.25, 0.3) is 0 Å². The lowest BCUT2D eigenvalue weighted by Crippen LogP contribution is -2.34. The normalized spacial score (nSPS) is 17.8. The third kappa shape index (κ3) is 4.01. The molecule has 0 aliphatic carbocycles. The van der Waals surface area contributed by atoms with Gasteiger partial charge >= 0.3 is 0 Å². The predicted molar refractivity (Wildman–Crippen MR) is 104 cm³/mol. The summed E-state index contributed by atoms with van der Waals surface area (Å²) in [6.07, 6.45) is 9.92. The first-order valence-electron chi connectivity index (χ1n) is 9.38. The Hall–Kier alpha value is -2.73. The Morgan fingerprint density at radius 3 is 2.93 bits per heavy atom. The molecular weight excluding hydrogens is 338 g/mol. The molecule has 4 rings (SSSR count). The Labute approximate surface area is 159 Å². The number of aromatic nitrogens is 4. The van der Waals surface area contributed by atoms with Crippen LogP contribution >= 0.6 is 0 Å². The van der Waals surface area contributed by atoms with Crippen molar-refractivity contribution in [3.05, 3.63) is 60.3 Å². The standard InChI is InChI=1S/C21H25N5O/c1-25-13-16(12-24-25)14-26-10-4-6-18(15-26)21-20(22-8-9-23-21)17-5-3-7-19(11-17)27-2/h3,5,7-9,11-13,18H,4,6,10,14-15H2,1-2H3/t18-/m0/s1. The summed E-state index contributed by atoms with van der Waals surface area (Å²) in [5, 5.41) is 4.29. The summed E-state index contributed by atoms with van der Waals surface area (Å²) in [5.41, 5.74) is 4.36. The SMILES string of the molecule is COc1cccc(-c2nccnc2[C@H]2CCCN(Cc3cnn(C)c3)C2)c1. The van der Waals surface area contributed by atoms with Crippen molar-refractivity contribution in [2.24, 2.45) is 7.05 Å². The summed E-state index contributed by atoms with van der Waals surface area (Å²) >= 11 is 0. The summed E-state index contributed by atoms with van der Waals surface area (Å²) in [5.74, 6) is 1.22. The third-order valence-electron chi connectivity index (χ3n) is 5.13. The van der Waals surface area contributed by atoms with Crippen LogP contribution in [0.5, 0.6) is 5.75 Å². The first-order chi connectivity index (χ1) is 13.2. The highest BCUT2D eigenvalue weighted by molar-refractivity contribution is 5.64. The number of hydrogen-bond donors (Lipinski definition) is 0. The number of ether oxygens (including phenoxy) is 1. The van der Waals surface area contributed by atoms with E-state index in [0.29, 0.717) is 5.92 Å². The Morgan fingerprint density at radius 1 is 1.22 bits per heavy atom. The molecule has 140 valence electrons. The number of methoxy groups -OCH3 is 1. The van der Waals surface area contributed by atoms with Crippen molar-refractivity contribution in [2.45, 2.75) is 25.3 Å². The van der Waals surface area contributed by atoms with Crippen LogP contribution in [-0.4, -0.2) is 44.8 Å². The van der Waals surface area contributed by atoms with Gasteiger partial charge in [-0.3, -0.25) is 19.5 Å². The number of nitrogens with zero attached hydrogens (tertiary/aromatic N) is 5. The van der Waals surface area contributed by atoms with Gasteiger partial charge in [-0.15, -0.1) is 0 Å². The van der Waals surface area contributed by atoms with Crippen molar-refractivity contribution in [1.82, 2.24) is 24.6 Å². The summed E-state index contributed by atoms with van der Waals surface area (Å²) in [6, 6.07) is 8.06. The fourth-order valence-corrected chi connectivity index (χ4v) is 3.87. The van der Waals surface area contributed by atoms with Gasteiger partial charge < -0.3 is 4.74 Å². The Bertz CT molecular complexity index is 907. The molecule has 0 spiro atoms. The van der Waals surface area contributed by atoms with E-state index >= 15 is 0 Å². The van der Waals surface area contributed by atoms with E-state index in [2.05, 4.69) is 27.2 Å². The number of rotatable bonds is 5. The van der Waals surface area contributed by atoms with Crippen molar-refractivity contribution in [1.29, 1.82) is 0 Å². The molecular formula is C21H25N5O. The number of likely N-dealkylation sites (tertiary alicyclic amines) is 1. The zero-order valence-corrected chi connectivity index (χ0v) is 15.9. The molecule has 27 heavy (non-hydrogen) atoms. The molecule has 0 radical (unpaired) electrons. The molecule has 0 N–H and O–H groups in total. The van der Waals surface area contributed by atoms with Gasteiger partial charge in [-0.25, -0.2) is 0 Å². The van der Waals surface area contributed by atoms with Gasteiger partial charge in [-0.05, 0) is 31.5 Å². The quantitative estimate of drug-likeness (QED) is 0.696. The van der Waals surface area contributed by atoms with E-state index in [0.717, 1.165) is 48.8 Å². The van der Waals surface area contributed by atoms with Crippen molar-refractivity contribution in [3.8, 4) is 17.0 Å². The fraction of sp³-hybridized carbons (Fsp3) is 0.381. The zero-order chi connectivity index (χ0) is 18.6. The average Bonchev–Trinajstić information content (AvgIpc) is 3.13. The maximum atomic E-state index is 5.38. The molecule has 1 saturated heterocycles. The van der Waals surface area contributed by atoms with Crippen molar-refractivity contribution < 1.29 is 4.74 Å². The Kier molecular flexibility index (Phi) is 5.16. The van der Waals surface area contributed by atoms with Crippen LogP contribution in [0, 0.1) is 0 Å². The largest absolute Gasteiger partial charge is 0.497 e. The van der Waals surface area contributed by atoms with Crippen molar-refractivity contribution in [3.63, 3.8) is 0 Å². The zero-order valence-electron chi connectivity index (χ0n) is 15.9. The molecule has 1 atom stereocenters. The second kappa shape index (κ2) is 7.88. The van der Waals surface area contributed by atoms with E-state index in [1.165, 1.54) is 12.0 Å². The Balaban J connectivity index is 1.57. The molecule has 0 bridgehead atoms. The van der Waals surface area contributed by atoms with Crippen LogP contribution < -0.4 is 4.74 Å². The predicted octanol–water partition coefficient (Wildman–Crippen LogP) is 3.27. The smallest absolute Gasteiger partial charge is 0.119 e. The van der Waals surface area contributed by atoms with E-state index in [1.807, 2.05) is 36.1 Å². The first kappa shape index (κ1) is 17.7. The van der Waals surface area contributed by atoms with Crippen LogP contribution in [0.4, 0.5) is 0 Å². The molecule has 0 amide bonds. The molecule has 3 heterocycles. The molecule has 1 aliphatic heterocycles. The molecule has 1 fully saturated rings. The molecule has 6 heteroatoms. The highest BCUT2D eigenvalue weighted by atomic mass is 16.5. The maximum absolute atomic E-state index is 5.38. The molecule has 2 aromatic heterocycles. The molecule has 3 aromatic rings. The molecule has 0 unspecified atom stereocenters. The second-order valence-electron chi connectivity index (χ2n) is 7.12. The lowest BCUT2D eigenvalue weighted by atomic mass is 9.91. The van der Waals surface area contributed by atoms with E-state index in [-0.39, 0.29) is 0 Å². The van der Waals surface area contributed by atoms with E-state index in [4.69, 9.17) is 9.72 Å². The van der Waals surface area contributed by atoms with E-state index < -0.39 is 0 Å². The van der Waals surface area contributed by atoms with Crippen LogP contribution in [0.1, 0.15) is 30.0 Å². The number of benzene rings is 1. The molecule has 1 aromatic carbocycles. The minimum absolute atomic E-state index is 0.380. The minimum Gasteiger partial charge on any atom is -0.497 e.